The highest BCUT2D eigenvalue weighted by Gasteiger charge is 2.18. The molecule has 6 heteroatoms. The quantitative estimate of drug-likeness (QED) is 0.0320. The number of unbranched alkanes of at least 4 members (excludes halogenated alkanes) is 58. The molecule has 0 spiro atoms. The molecule has 0 aliphatic heterocycles. The van der Waals surface area contributed by atoms with Gasteiger partial charge in [0, 0.05) is 12.8 Å². The molecule has 2 atom stereocenters. The zero-order valence-electron chi connectivity index (χ0n) is 53.9. The van der Waals surface area contributed by atoms with Crippen LogP contribution in [0.1, 0.15) is 418 Å². The molecular formula is C73H143NO5. The maximum atomic E-state index is 12.5. The molecule has 0 saturated carbocycles. The molecule has 0 heterocycles. The van der Waals surface area contributed by atoms with Gasteiger partial charge < -0.3 is 20.3 Å². The van der Waals surface area contributed by atoms with Crippen LogP contribution in [0.5, 0.6) is 0 Å². The van der Waals surface area contributed by atoms with Gasteiger partial charge in [-0.15, -0.1) is 0 Å². The van der Waals surface area contributed by atoms with Crippen molar-refractivity contribution in [2.45, 2.75) is 431 Å². The van der Waals surface area contributed by atoms with Crippen LogP contribution in [0.25, 0.3) is 0 Å². The third kappa shape index (κ3) is 65.6. The van der Waals surface area contributed by atoms with E-state index in [0.717, 1.165) is 38.5 Å². The largest absolute Gasteiger partial charge is 0.466 e. The highest BCUT2D eigenvalue weighted by molar-refractivity contribution is 5.76. The van der Waals surface area contributed by atoms with Crippen molar-refractivity contribution in [2.24, 2.45) is 0 Å². The Labute approximate surface area is 495 Å². The maximum absolute atomic E-state index is 12.5. The van der Waals surface area contributed by atoms with Crippen LogP contribution in [0.3, 0.4) is 0 Å². The van der Waals surface area contributed by atoms with E-state index < -0.39 is 12.1 Å². The van der Waals surface area contributed by atoms with Crippen LogP contribution in [0, 0.1) is 0 Å². The summed E-state index contributed by atoms with van der Waals surface area (Å²) >= 11 is 0. The summed E-state index contributed by atoms with van der Waals surface area (Å²) in [5.74, 6) is -0.0394. The van der Waals surface area contributed by atoms with E-state index in [1.807, 2.05) is 6.08 Å². The summed E-state index contributed by atoms with van der Waals surface area (Å²) in [6.45, 7) is 4.96. The third-order valence-corrected chi connectivity index (χ3v) is 17.3. The zero-order valence-corrected chi connectivity index (χ0v) is 53.9. The summed E-state index contributed by atoms with van der Waals surface area (Å²) in [5, 5.41) is 23.3. The smallest absolute Gasteiger partial charge is 0.305 e. The fourth-order valence-electron chi connectivity index (χ4n) is 11.8. The Morgan fingerprint density at radius 2 is 0.582 bits per heavy atom. The minimum absolute atomic E-state index is 0.0211. The van der Waals surface area contributed by atoms with Gasteiger partial charge in [0.15, 0.2) is 0 Å². The van der Waals surface area contributed by atoms with Crippen molar-refractivity contribution in [3.63, 3.8) is 0 Å². The van der Waals surface area contributed by atoms with Gasteiger partial charge in [-0.1, -0.05) is 386 Å². The topological polar surface area (TPSA) is 95.9 Å². The SMILES string of the molecule is CCCCCCCCCCCCCCCCCCCCC/C=C/C(O)C(CO)NC(=O)CCCCCCCCCCCCCCCCCCCCCCCCCCCCCOC(=O)CCCCCCCCCCCCCCCC. The molecular weight excluding hydrogens is 971 g/mol. The van der Waals surface area contributed by atoms with Gasteiger partial charge in [0.2, 0.25) is 5.91 Å². The molecule has 470 valence electrons. The number of nitrogens with one attached hydrogen (secondary N) is 1. The summed E-state index contributed by atoms with van der Waals surface area (Å²) in [5.41, 5.74) is 0. The van der Waals surface area contributed by atoms with E-state index in [4.69, 9.17) is 4.74 Å². The number of carbonyl (C=O) groups is 2. The van der Waals surface area contributed by atoms with Gasteiger partial charge in [-0.05, 0) is 32.1 Å². The lowest BCUT2D eigenvalue weighted by Crippen LogP contribution is -2.45. The first-order valence-electron chi connectivity index (χ1n) is 36.5. The summed E-state index contributed by atoms with van der Waals surface area (Å²) < 4.78 is 5.50. The number of allylic oxidation sites excluding steroid dienone is 1. The van der Waals surface area contributed by atoms with Crippen molar-refractivity contribution in [3.05, 3.63) is 12.2 Å². The highest BCUT2D eigenvalue weighted by Crippen LogP contribution is 2.19. The molecule has 0 aromatic rings. The Bertz CT molecular complexity index is 1190. The van der Waals surface area contributed by atoms with E-state index in [9.17, 15) is 19.8 Å². The van der Waals surface area contributed by atoms with Crippen molar-refractivity contribution < 1.29 is 24.5 Å². The van der Waals surface area contributed by atoms with Crippen molar-refractivity contribution in [1.82, 2.24) is 5.32 Å². The Morgan fingerprint density at radius 3 is 0.861 bits per heavy atom. The van der Waals surface area contributed by atoms with Crippen LogP contribution in [-0.2, 0) is 14.3 Å². The molecule has 0 saturated heterocycles. The Kier molecular flexibility index (Phi) is 67.9. The predicted octanol–water partition coefficient (Wildman–Crippen LogP) is 23.5. The maximum Gasteiger partial charge on any atom is 0.305 e. The fraction of sp³-hybridized carbons (Fsp3) is 0.945. The second-order valence-electron chi connectivity index (χ2n) is 25.3. The van der Waals surface area contributed by atoms with Gasteiger partial charge in [-0.2, -0.15) is 0 Å². The van der Waals surface area contributed by atoms with Crippen LogP contribution in [0.4, 0.5) is 0 Å². The lowest BCUT2D eigenvalue weighted by molar-refractivity contribution is -0.143. The second-order valence-corrected chi connectivity index (χ2v) is 25.3. The molecule has 0 aromatic carbocycles. The number of aliphatic hydroxyl groups excluding tert-OH is 2. The van der Waals surface area contributed by atoms with Crippen LogP contribution in [0.2, 0.25) is 0 Å². The molecule has 1 amide bonds. The van der Waals surface area contributed by atoms with E-state index in [0.29, 0.717) is 19.4 Å². The van der Waals surface area contributed by atoms with Crippen molar-refractivity contribution in [1.29, 1.82) is 0 Å². The second kappa shape index (κ2) is 69.1. The molecule has 0 aliphatic rings. The van der Waals surface area contributed by atoms with E-state index in [1.54, 1.807) is 6.08 Å². The summed E-state index contributed by atoms with van der Waals surface area (Å²) in [6, 6.07) is -0.626. The Hall–Kier alpha value is -1.40. The molecule has 2 unspecified atom stereocenters. The van der Waals surface area contributed by atoms with E-state index in [-0.39, 0.29) is 18.5 Å². The minimum Gasteiger partial charge on any atom is -0.466 e. The summed E-state index contributed by atoms with van der Waals surface area (Å²) in [7, 11) is 0. The van der Waals surface area contributed by atoms with E-state index >= 15 is 0 Å². The van der Waals surface area contributed by atoms with Crippen LogP contribution in [-0.4, -0.2) is 47.4 Å². The third-order valence-electron chi connectivity index (χ3n) is 17.3. The van der Waals surface area contributed by atoms with Crippen molar-refractivity contribution >= 4 is 11.9 Å². The summed E-state index contributed by atoms with van der Waals surface area (Å²) in [6.07, 6.45) is 85.9. The van der Waals surface area contributed by atoms with Gasteiger partial charge in [0.1, 0.15) is 0 Å². The van der Waals surface area contributed by atoms with Gasteiger partial charge >= 0.3 is 5.97 Å². The van der Waals surface area contributed by atoms with Crippen molar-refractivity contribution in [2.75, 3.05) is 13.2 Å². The molecule has 0 aromatic heterocycles. The van der Waals surface area contributed by atoms with Gasteiger partial charge in [0.25, 0.3) is 0 Å². The molecule has 0 radical (unpaired) electrons. The number of carbonyl (C=O) groups excluding carboxylic acids is 2. The summed E-state index contributed by atoms with van der Waals surface area (Å²) in [4.78, 5) is 24.6. The van der Waals surface area contributed by atoms with E-state index in [1.165, 1.54) is 353 Å². The Balaban J connectivity index is 3.37. The molecule has 3 N–H and O–H groups in total. The van der Waals surface area contributed by atoms with Gasteiger partial charge in [-0.3, -0.25) is 9.59 Å². The number of esters is 1. The lowest BCUT2D eigenvalue weighted by Gasteiger charge is -2.20. The van der Waals surface area contributed by atoms with Crippen LogP contribution in [0.15, 0.2) is 12.2 Å². The van der Waals surface area contributed by atoms with Crippen LogP contribution < -0.4 is 5.32 Å². The van der Waals surface area contributed by atoms with Gasteiger partial charge in [-0.25, -0.2) is 0 Å². The molecule has 0 aliphatic carbocycles. The predicted molar refractivity (Wildman–Crippen MR) is 347 cm³/mol. The zero-order chi connectivity index (χ0) is 57.1. The first-order chi connectivity index (χ1) is 39.0. The highest BCUT2D eigenvalue weighted by atomic mass is 16.5. The first kappa shape index (κ1) is 77.6. The number of ether oxygens (including phenoxy) is 1. The molecule has 0 bridgehead atoms. The standard InChI is InChI=1S/C73H143NO5/c1-3-5-7-9-11-13-15-17-19-20-21-29-32-35-38-41-45-49-53-57-61-65-71(76)70(69-75)74-72(77)66-62-58-54-50-46-42-39-36-33-30-27-25-23-22-24-26-28-31-34-37-40-44-48-52-56-60-64-68-79-73(78)67-63-59-55-51-47-43-18-16-14-12-10-8-6-4-2/h61,65,70-71,75-76H,3-60,62-64,66-69H2,1-2H3,(H,74,77)/b65-61+. The number of aliphatic hydroxyl groups is 2. The van der Waals surface area contributed by atoms with Crippen LogP contribution >= 0.6 is 0 Å². The average molecular weight is 1110 g/mol. The fourth-order valence-corrected chi connectivity index (χ4v) is 11.8. The van der Waals surface area contributed by atoms with Gasteiger partial charge in [0.05, 0.1) is 25.4 Å². The normalized spacial score (nSPS) is 12.5. The molecule has 6 nitrogen and oxygen atoms in total. The average Bonchev–Trinajstić information content (AvgIpc) is 3.45. The van der Waals surface area contributed by atoms with Crippen molar-refractivity contribution in [3.8, 4) is 0 Å². The number of hydrogen-bond acceptors (Lipinski definition) is 5. The number of amides is 1. The molecule has 0 rings (SSSR count). The monoisotopic (exact) mass is 1110 g/mol. The first-order valence-corrected chi connectivity index (χ1v) is 36.5. The Morgan fingerprint density at radius 1 is 0.342 bits per heavy atom. The number of hydrogen-bond donors (Lipinski definition) is 3. The molecule has 79 heavy (non-hydrogen) atoms. The van der Waals surface area contributed by atoms with E-state index in [2.05, 4.69) is 19.2 Å². The minimum atomic E-state index is -0.843. The molecule has 0 fully saturated rings. The number of rotatable bonds is 69. The lowest BCUT2D eigenvalue weighted by atomic mass is 10.0.